The molecule has 0 aliphatic rings. The third-order valence-electron chi connectivity index (χ3n) is 2.87. The fourth-order valence-corrected chi connectivity index (χ4v) is 2.39. The molecule has 4 nitrogen and oxygen atoms in total. The quantitative estimate of drug-likeness (QED) is 0.912. The summed E-state index contributed by atoms with van der Waals surface area (Å²) in [5.41, 5.74) is 7.23. The minimum Gasteiger partial charge on any atom is -0.397 e. The number of benzene rings is 1. The van der Waals surface area contributed by atoms with Gasteiger partial charge in [0.05, 0.1) is 23.5 Å². The van der Waals surface area contributed by atoms with Crippen LogP contribution in [0.25, 0.3) is 0 Å². The lowest BCUT2D eigenvalue weighted by molar-refractivity contribution is 0.0940. The maximum Gasteiger partial charge on any atom is 0.253 e. The molecule has 6 heteroatoms. The van der Waals surface area contributed by atoms with E-state index in [1.54, 1.807) is 24.3 Å². The molecule has 2 rings (SSSR count). The summed E-state index contributed by atoms with van der Waals surface area (Å²) in [5.74, 6) is -0.275. The molecule has 1 atom stereocenters. The van der Waals surface area contributed by atoms with E-state index in [9.17, 15) is 4.79 Å². The van der Waals surface area contributed by atoms with Crippen molar-refractivity contribution in [3.63, 3.8) is 0 Å². The van der Waals surface area contributed by atoms with Crippen molar-refractivity contribution in [3.05, 3.63) is 57.8 Å². The Morgan fingerprint density at radius 2 is 2.10 bits per heavy atom. The zero-order chi connectivity index (χ0) is 14.7. The Balaban J connectivity index is 2.17. The summed E-state index contributed by atoms with van der Waals surface area (Å²) < 4.78 is 0. The molecule has 20 heavy (non-hydrogen) atoms. The number of carbonyl (C=O) groups is 1. The smallest absolute Gasteiger partial charge is 0.253 e. The molecule has 104 valence electrons. The van der Waals surface area contributed by atoms with Crippen molar-refractivity contribution in [1.29, 1.82) is 0 Å². The average Bonchev–Trinajstić information content (AvgIpc) is 2.38. The first-order valence-electron chi connectivity index (χ1n) is 5.94. The fraction of sp³-hybridized carbons (Fsp3) is 0.143. The van der Waals surface area contributed by atoms with Gasteiger partial charge in [-0.15, -0.1) is 0 Å². The second kappa shape index (κ2) is 6.11. The summed E-state index contributed by atoms with van der Waals surface area (Å²) in [4.78, 5) is 16.0. The van der Waals surface area contributed by atoms with Crippen LogP contribution in [-0.4, -0.2) is 10.9 Å². The number of rotatable bonds is 3. The van der Waals surface area contributed by atoms with Crippen molar-refractivity contribution in [2.75, 3.05) is 5.73 Å². The van der Waals surface area contributed by atoms with Crippen LogP contribution < -0.4 is 11.1 Å². The van der Waals surface area contributed by atoms with E-state index < -0.39 is 0 Å². The number of carbonyl (C=O) groups excluding carboxylic acids is 1. The van der Waals surface area contributed by atoms with Gasteiger partial charge < -0.3 is 11.1 Å². The molecular weight excluding hydrogens is 297 g/mol. The summed E-state index contributed by atoms with van der Waals surface area (Å²) in [6, 6.07) is 6.46. The van der Waals surface area contributed by atoms with Crippen LogP contribution in [0.4, 0.5) is 5.69 Å². The molecule has 0 aliphatic carbocycles. The molecule has 0 saturated carbocycles. The van der Waals surface area contributed by atoms with Crippen LogP contribution in [0.3, 0.4) is 0 Å². The van der Waals surface area contributed by atoms with Crippen molar-refractivity contribution in [2.45, 2.75) is 13.0 Å². The molecule has 1 aromatic heterocycles. The lowest BCUT2D eigenvalue weighted by Gasteiger charge is -2.16. The minimum atomic E-state index is -0.275. The minimum absolute atomic E-state index is 0.264. The number of anilines is 1. The van der Waals surface area contributed by atoms with Gasteiger partial charge in [-0.2, -0.15) is 0 Å². The van der Waals surface area contributed by atoms with Gasteiger partial charge in [0.2, 0.25) is 0 Å². The van der Waals surface area contributed by atoms with Crippen LogP contribution in [-0.2, 0) is 0 Å². The molecule has 0 fully saturated rings. The van der Waals surface area contributed by atoms with Crippen molar-refractivity contribution in [3.8, 4) is 0 Å². The van der Waals surface area contributed by atoms with E-state index >= 15 is 0 Å². The highest BCUT2D eigenvalue weighted by Gasteiger charge is 2.15. The molecule has 0 bridgehead atoms. The van der Waals surface area contributed by atoms with E-state index in [4.69, 9.17) is 28.9 Å². The number of pyridine rings is 1. The second-order valence-electron chi connectivity index (χ2n) is 4.32. The predicted octanol–water partition coefficient (Wildman–Crippen LogP) is 3.46. The number of nitrogens with two attached hydrogens (primary N) is 1. The summed E-state index contributed by atoms with van der Waals surface area (Å²) in [6.07, 6.45) is 2.96. The highest BCUT2D eigenvalue weighted by Crippen LogP contribution is 2.26. The number of halogens is 2. The third-order valence-corrected chi connectivity index (χ3v) is 3.44. The second-order valence-corrected chi connectivity index (χ2v) is 5.17. The molecule has 0 aliphatic heterocycles. The van der Waals surface area contributed by atoms with Crippen molar-refractivity contribution in [1.82, 2.24) is 10.3 Å². The van der Waals surface area contributed by atoms with Gasteiger partial charge >= 0.3 is 0 Å². The number of amides is 1. The number of nitrogens with zero attached hydrogens (tertiary/aromatic N) is 1. The molecule has 3 N–H and O–H groups in total. The van der Waals surface area contributed by atoms with Crippen LogP contribution in [0.15, 0.2) is 36.7 Å². The first kappa shape index (κ1) is 14.6. The fourth-order valence-electron chi connectivity index (χ4n) is 1.82. The molecule has 1 amide bonds. The van der Waals surface area contributed by atoms with E-state index in [2.05, 4.69) is 10.3 Å². The zero-order valence-electron chi connectivity index (χ0n) is 10.7. The van der Waals surface area contributed by atoms with Crippen LogP contribution in [0.2, 0.25) is 10.0 Å². The van der Waals surface area contributed by atoms with Gasteiger partial charge in [-0.1, -0.05) is 29.3 Å². The van der Waals surface area contributed by atoms with Crippen LogP contribution in [0.5, 0.6) is 0 Å². The molecule has 1 aromatic carbocycles. The first-order chi connectivity index (χ1) is 9.49. The standard InChI is InChI=1S/C14H13Cl2N3O/c1-8(10-3-2-9(15)6-12(10)16)19-14(20)11-4-5-18-7-13(11)17/h2-8H,17H2,1H3,(H,19,20). The molecular formula is C14H13Cl2N3O. The Kier molecular flexibility index (Phi) is 4.47. The Morgan fingerprint density at radius 1 is 1.35 bits per heavy atom. The lowest BCUT2D eigenvalue weighted by atomic mass is 10.1. The number of hydrogen-bond acceptors (Lipinski definition) is 3. The van der Waals surface area contributed by atoms with Gasteiger partial charge in [0, 0.05) is 16.2 Å². The Labute approximate surface area is 126 Å². The zero-order valence-corrected chi connectivity index (χ0v) is 12.2. The lowest BCUT2D eigenvalue weighted by Crippen LogP contribution is -2.27. The van der Waals surface area contributed by atoms with Crippen LogP contribution in [0, 0.1) is 0 Å². The largest absolute Gasteiger partial charge is 0.397 e. The summed E-state index contributed by atoms with van der Waals surface area (Å²) in [7, 11) is 0. The van der Waals surface area contributed by atoms with E-state index in [-0.39, 0.29) is 11.9 Å². The molecule has 0 saturated heterocycles. The molecule has 2 aromatic rings. The van der Waals surface area contributed by atoms with Gasteiger partial charge in [0.25, 0.3) is 5.91 Å². The van der Waals surface area contributed by atoms with Gasteiger partial charge in [-0.25, -0.2) is 0 Å². The number of nitrogen functional groups attached to an aromatic ring is 1. The Bertz CT molecular complexity index is 646. The highest BCUT2D eigenvalue weighted by molar-refractivity contribution is 6.35. The van der Waals surface area contributed by atoms with Gasteiger partial charge in [0.15, 0.2) is 0 Å². The summed E-state index contributed by atoms with van der Waals surface area (Å²) in [6.45, 7) is 1.84. The number of aromatic nitrogens is 1. The van der Waals surface area contributed by atoms with E-state index in [1.165, 1.54) is 12.4 Å². The maximum atomic E-state index is 12.1. The van der Waals surface area contributed by atoms with Crippen molar-refractivity contribution in [2.24, 2.45) is 0 Å². The Morgan fingerprint density at radius 3 is 2.75 bits per heavy atom. The molecule has 0 spiro atoms. The maximum absolute atomic E-state index is 12.1. The highest BCUT2D eigenvalue weighted by atomic mass is 35.5. The summed E-state index contributed by atoms with van der Waals surface area (Å²) >= 11 is 12.0. The molecule has 0 radical (unpaired) electrons. The van der Waals surface area contributed by atoms with Gasteiger partial charge in [0.1, 0.15) is 0 Å². The third kappa shape index (κ3) is 3.21. The monoisotopic (exact) mass is 309 g/mol. The van der Waals surface area contributed by atoms with Crippen molar-refractivity contribution >= 4 is 34.8 Å². The normalized spacial score (nSPS) is 11.9. The average molecular weight is 310 g/mol. The van der Waals surface area contributed by atoms with Gasteiger partial charge in [-0.05, 0) is 30.7 Å². The van der Waals surface area contributed by atoms with E-state index in [0.29, 0.717) is 21.3 Å². The van der Waals surface area contributed by atoms with Crippen molar-refractivity contribution < 1.29 is 4.79 Å². The first-order valence-corrected chi connectivity index (χ1v) is 6.70. The topological polar surface area (TPSA) is 68.0 Å². The number of hydrogen-bond donors (Lipinski definition) is 2. The Hall–Kier alpha value is -1.78. The van der Waals surface area contributed by atoms with Crippen LogP contribution >= 0.6 is 23.2 Å². The van der Waals surface area contributed by atoms with Crippen LogP contribution in [0.1, 0.15) is 28.9 Å². The van der Waals surface area contributed by atoms with Gasteiger partial charge in [-0.3, -0.25) is 9.78 Å². The number of nitrogens with one attached hydrogen (secondary N) is 1. The van der Waals surface area contributed by atoms with E-state index in [0.717, 1.165) is 5.56 Å². The predicted molar refractivity (Wildman–Crippen MR) is 81.0 cm³/mol. The summed E-state index contributed by atoms with van der Waals surface area (Å²) in [5, 5.41) is 3.90. The molecule has 1 unspecified atom stereocenters. The molecule has 1 heterocycles. The SMILES string of the molecule is CC(NC(=O)c1ccncc1N)c1ccc(Cl)cc1Cl. The van der Waals surface area contributed by atoms with E-state index in [1.807, 2.05) is 6.92 Å².